The van der Waals surface area contributed by atoms with Gasteiger partial charge in [0.25, 0.3) is 0 Å². The maximum atomic E-state index is 6.20. The number of nitrogens with zero attached hydrogens (tertiary/aromatic N) is 2. The SMILES string of the molecule is Nc1nc(NCc2cccc3[nH]ccc23)ncc1Cc1ccc2[nH]ccc2c1. The minimum Gasteiger partial charge on any atom is -0.383 e. The van der Waals surface area contributed by atoms with Crippen LogP contribution in [0.1, 0.15) is 16.7 Å². The summed E-state index contributed by atoms with van der Waals surface area (Å²) < 4.78 is 0. The molecule has 0 aliphatic rings. The Morgan fingerprint density at radius 2 is 1.82 bits per heavy atom. The van der Waals surface area contributed by atoms with Crippen molar-refractivity contribution in [3.05, 3.63) is 83.8 Å². The molecule has 5 N–H and O–H groups in total. The van der Waals surface area contributed by atoms with Crippen molar-refractivity contribution < 1.29 is 0 Å². The minimum absolute atomic E-state index is 0.506. The number of hydrogen-bond acceptors (Lipinski definition) is 4. The van der Waals surface area contributed by atoms with E-state index in [-0.39, 0.29) is 0 Å². The third-order valence-corrected chi connectivity index (χ3v) is 5.03. The summed E-state index contributed by atoms with van der Waals surface area (Å²) in [6, 6.07) is 16.7. The summed E-state index contributed by atoms with van der Waals surface area (Å²) in [5.74, 6) is 1.04. The number of nitrogens with two attached hydrogens (primary N) is 1. The summed E-state index contributed by atoms with van der Waals surface area (Å²) in [6.07, 6.45) is 6.40. The number of hydrogen-bond donors (Lipinski definition) is 4. The standard InChI is InChI=1S/C22H20N6/c23-21-17(11-14-4-5-19-15(10-14)6-8-24-19)13-27-22(28-21)26-12-16-2-1-3-20-18(16)7-9-25-20/h1-10,13,24-25H,11-12H2,(H3,23,26,27,28). The zero-order valence-electron chi connectivity index (χ0n) is 15.2. The summed E-state index contributed by atoms with van der Waals surface area (Å²) in [6.45, 7) is 0.637. The van der Waals surface area contributed by atoms with Crippen LogP contribution in [-0.2, 0) is 13.0 Å². The zero-order valence-corrected chi connectivity index (χ0v) is 15.2. The third-order valence-electron chi connectivity index (χ3n) is 5.03. The van der Waals surface area contributed by atoms with E-state index in [0.29, 0.717) is 24.7 Å². The molecule has 5 rings (SSSR count). The van der Waals surface area contributed by atoms with Crippen molar-refractivity contribution in [3.63, 3.8) is 0 Å². The van der Waals surface area contributed by atoms with Crippen molar-refractivity contribution >= 4 is 33.6 Å². The molecule has 2 aromatic carbocycles. The second kappa shape index (κ2) is 6.74. The molecular weight excluding hydrogens is 348 g/mol. The first kappa shape index (κ1) is 16.4. The normalized spacial score (nSPS) is 11.3. The quantitative estimate of drug-likeness (QED) is 0.373. The molecule has 0 fully saturated rings. The molecule has 0 atom stereocenters. The summed E-state index contributed by atoms with van der Waals surface area (Å²) in [5, 5.41) is 5.66. The van der Waals surface area contributed by atoms with Crippen molar-refractivity contribution in [2.45, 2.75) is 13.0 Å². The lowest BCUT2D eigenvalue weighted by atomic mass is 10.1. The van der Waals surface area contributed by atoms with Crippen LogP contribution >= 0.6 is 0 Å². The molecule has 0 unspecified atom stereocenters. The highest BCUT2D eigenvalue weighted by atomic mass is 15.1. The predicted molar refractivity (Wildman–Crippen MR) is 113 cm³/mol. The van der Waals surface area contributed by atoms with Crippen LogP contribution in [0.4, 0.5) is 11.8 Å². The van der Waals surface area contributed by atoms with Crippen LogP contribution in [0.5, 0.6) is 0 Å². The van der Waals surface area contributed by atoms with E-state index in [0.717, 1.165) is 16.6 Å². The van der Waals surface area contributed by atoms with Crippen LogP contribution in [-0.4, -0.2) is 19.9 Å². The molecule has 138 valence electrons. The highest BCUT2D eigenvalue weighted by molar-refractivity contribution is 5.83. The number of anilines is 2. The summed E-state index contributed by atoms with van der Waals surface area (Å²) >= 11 is 0. The molecule has 0 bridgehead atoms. The number of nitrogens with one attached hydrogen (secondary N) is 3. The van der Waals surface area contributed by atoms with Gasteiger partial charge in [-0.15, -0.1) is 0 Å². The smallest absolute Gasteiger partial charge is 0.224 e. The van der Waals surface area contributed by atoms with Gasteiger partial charge in [0.2, 0.25) is 5.95 Å². The van der Waals surface area contributed by atoms with E-state index in [4.69, 9.17) is 5.73 Å². The van der Waals surface area contributed by atoms with E-state index >= 15 is 0 Å². The highest BCUT2D eigenvalue weighted by Gasteiger charge is 2.08. The first-order chi connectivity index (χ1) is 13.8. The number of aromatic nitrogens is 4. The van der Waals surface area contributed by atoms with Gasteiger partial charge in [0.1, 0.15) is 5.82 Å². The van der Waals surface area contributed by atoms with Gasteiger partial charge in [-0.25, -0.2) is 4.98 Å². The van der Waals surface area contributed by atoms with Crippen molar-refractivity contribution in [2.24, 2.45) is 0 Å². The lowest BCUT2D eigenvalue weighted by Gasteiger charge is -2.09. The molecule has 0 aliphatic carbocycles. The van der Waals surface area contributed by atoms with Crippen LogP contribution in [0, 0.1) is 0 Å². The minimum atomic E-state index is 0.506. The fourth-order valence-electron chi connectivity index (χ4n) is 3.55. The molecule has 3 aromatic heterocycles. The fourth-order valence-corrected chi connectivity index (χ4v) is 3.55. The Balaban J connectivity index is 1.32. The van der Waals surface area contributed by atoms with Crippen molar-refractivity contribution in [2.75, 3.05) is 11.1 Å². The van der Waals surface area contributed by atoms with Gasteiger partial charge in [-0.3, -0.25) is 0 Å². The first-order valence-electron chi connectivity index (χ1n) is 9.22. The lowest BCUT2D eigenvalue weighted by molar-refractivity contribution is 1.03. The third kappa shape index (κ3) is 3.05. The number of aromatic amines is 2. The number of rotatable bonds is 5. The largest absolute Gasteiger partial charge is 0.383 e. The van der Waals surface area contributed by atoms with Gasteiger partial charge in [-0.2, -0.15) is 4.98 Å². The summed E-state index contributed by atoms with van der Waals surface area (Å²) in [5.41, 5.74) is 11.7. The van der Waals surface area contributed by atoms with Gasteiger partial charge in [0.05, 0.1) is 0 Å². The van der Waals surface area contributed by atoms with E-state index in [9.17, 15) is 0 Å². The average Bonchev–Trinajstić information content (AvgIpc) is 3.37. The predicted octanol–water partition coefficient (Wildman–Crippen LogP) is 4.22. The van der Waals surface area contributed by atoms with Gasteiger partial charge in [-0.05, 0) is 46.8 Å². The topological polar surface area (TPSA) is 95.4 Å². The molecule has 0 saturated carbocycles. The Morgan fingerprint density at radius 1 is 0.929 bits per heavy atom. The van der Waals surface area contributed by atoms with Crippen molar-refractivity contribution in [1.82, 2.24) is 19.9 Å². The Labute approximate surface area is 161 Å². The van der Waals surface area contributed by atoms with E-state index in [1.165, 1.54) is 21.9 Å². The van der Waals surface area contributed by atoms with Crippen LogP contribution in [0.15, 0.2) is 67.1 Å². The number of nitrogen functional groups attached to an aromatic ring is 1. The zero-order chi connectivity index (χ0) is 18.9. The molecule has 5 aromatic rings. The van der Waals surface area contributed by atoms with Gasteiger partial charge in [-0.1, -0.05) is 18.2 Å². The Hall–Kier alpha value is -3.80. The molecule has 0 aliphatic heterocycles. The second-order valence-electron chi connectivity index (χ2n) is 6.89. The Bertz CT molecular complexity index is 1270. The monoisotopic (exact) mass is 368 g/mol. The first-order valence-corrected chi connectivity index (χ1v) is 9.22. The molecule has 3 heterocycles. The fraction of sp³-hybridized carbons (Fsp3) is 0.0909. The molecule has 28 heavy (non-hydrogen) atoms. The number of fused-ring (bicyclic) bond motifs is 2. The van der Waals surface area contributed by atoms with E-state index in [1.54, 1.807) is 0 Å². The van der Waals surface area contributed by atoms with Crippen LogP contribution in [0.25, 0.3) is 21.8 Å². The maximum Gasteiger partial charge on any atom is 0.224 e. The van der Waals surface area contributed by atoms with Gasteiger partial charge in [0.15, 0.2) is 0 Å². The van der Waals surface area contributed by atoms with Gasteiger partial charge >= 0.3 is 0 Å². The maximum absolute atomic E-state index is 6.20. The summed E-state index contributed by atoms with van der Waals surface area (Å²) in [7, 11) is 0. The lowest BCUT2D eigenvalue weighted by Crippen LogP contribution is -2.07. The Kier molecular flexibility index (Phi) is 3.94. The van der Waals surface area contributed by atoms with Crippen molar-refractivity contribution in [3.8, 4) is 0 Å². The molecule has 0 spiro atoms. The van der Waals surface area contributed by atoms with E-state index in [1.807, 2.05) is 24.7 Å². The van der Waals surface area contributed by atoms with E-state index < -0.39 is 0 Å². The molecular formula is C22H20N6. The molecule has 6 heteroatoms. The molecule has 0 amide bonds. The number of benzene rings is 2. The van der Waals surface area contributed by atoms with Crippen LogP contribution in [0.3, 0.4) is 0 Å². The van der Waals surface area contributed by atoms with Crippen LogP contribution < -0.4 is 11.1 Å². The van der Waals surface area contributed by atoms with Crippen LogP contribution in [0.2, 0.25) is 0 Å². The van der Waals surface area contributed by atoms with Crippen molar-refractivity contribution in [1.29, 1.82) is 0 Å². The highest BCUT2D eigenvalue weighted by Crippen LogP contribution is 2.21. The van der Waals surface area contributed by atoms with E-state index in [2.05, 4.69) is 67.7 Å². The summed E-state index contributed by atoms with van der Waals surface area (Å²) in [4.78, 5) is 15.3. The second-order valence-corrected chi connectivity index (χ2v) is 6.89. The molecule has 0 radical (unpaired) electrons. The van der Waals surface area contributed by atoms with Gasteiger partial charge < -0.3 is 21.0 Å². The Morgan fingerprint density at radius 3 is 2.75 bits per heavy atom. The molecule has 0 saturated heterocycles. The van der Waals surface area contributed by atoms with Gasteiger partial charge in [0, 0.05) is 53.5 Å². The number of H-pyrrole nitrogens is 2. The molecule has 6 nitrogen and oxygen atoms in total. The average molecular weight is 368 g/mol.